The van der Waals surface area contributed by atoms with Gasteiger partial charge in [-0.15, -0.1) is 0 Å². The van der Waals surface area contributed by atoms with Crippen LogP contribution in [0.25, 0.3) is 0 Å². The molecule has 0 atom stereocenters. The van der Waals surface area contributed by atoms with Crippen LogP contribution in [0.3, 0.4) is 0 Å². The van der Waals surface area contributed by atoms with Gasteiger partial charge in [0.25, 0.3) is 5.91 Å². The average Bonchev–Trinajstić information content (AvgIpc) is 2.67. The number of aliphatic hydroxyl groups excluding tert-OH is 1. The van der Waals surface area contributed by atoms with E-state index in [1.165, 1.54) is 4.90 Å². The number of hydrogen-bond donors (Lipinski definition) is 2. The van der Waals surface area contributed by atoms with Crippen molar-refractivity contribution in [1.29, 1.82) is 0 Å². The van der Waals surface area contributed by atoms with E-state index in [4.69, 9.17) is 5.11 Å². The van der Waals surface area contributed by atoms with Crippen LogP contribution in [0.5, 0.6) is 0 Å². The van der Waals surface area contributed by atoms with Gasteiger partial charge in [-0.25, -0.2) is 0 Å². The standard InChI is InChI=1S/C12H14N2O3/c1-14(4-5-15)12(17)8-2-3-10-9(6-8)7-11(16)13-10/h2-3,6,15H,4-5,7H2,1H3,(H,13,16). The van der Waals surface area contributed by atoms with Gasteiger partial charge in [-0.1, -0.05) is 0 Å². The summed E-state index contributed by atoms with van der Waals surface area (Å²) in [5.74, 6) is -0.200. The van der Waals surface area contributed by atoms with Crippen molar-refractivity contribution in [2.75, 3.05) is 25.5 Å². The molecule has 17 heavy (non-hydrogen) atoms. The molecule has 90 valence electrons. The lowest BCUT2D eigenvalue weighted by atomic mass is 10.1. The number of hydrogen-bond acceptors (Lipinski definition) is 3. The topological polar surface area (TPSA) is 69.6 Å². The van der Waals surface area contributed by atoms with Gasteiger partial charge in [-0.2, -0.15) is 0 Å². The molecule has 2 rings (SSSR count). The molecule has 1 aliphatic rings. The van der Waals surface area contributed by atoms with Crippen molar-refractivity contribution in [1.82, 2.24) is 4.90 Å². The minimum atomic E-state index is -0.152. The lowest BCUT2D eigenvalue weighted by Gasteiger charge is -2.15. The maximum Gasteiger partial charge on any atom is 0.253 e. The van der Waals surface area contributed by atoms with Crippen LogP contribution in [0.2, 0.25) is 0 Å². The molecule has 1 aromatic carbocycles. The highest BCUT2D eigenvalue weighted by Crippen LogP contribution is 2.24. The number of benzene rings is 1. The minimum absolute atomic E-state index is 0.0479. The maximum absolute atomic E-state index is 11.9. The molecular weight excluding hydrogens is 220 g/mol. The largest absolute Gasteiger partial charge is 0.395 e. The van der Waals surface area contributed by atoms with E-state index in [0.29, 0.717) is 18.5 Å². The van der Waals surface area contributed by atoms with E-state index in [0.717, 1.165) is 11.3 Å². The van der Waals surface area contributed by atoms with E-state index < -0.39 is 0 Å². The van der Waals surface area contributed by atoms with Crippen LogP contribution in [0, 0.1) is 0 Å². The third-order valence-corrected chi connectivity index (χ3v) is 2.76. The second kappa shape index (κ2) is 4.55. The van der Waals surface area contributed by atoms with E-state index in [1.54, 1.807) is 25.2 Å². The lowest BCUT2D eigenvalue weighted by molar-refractivity contribution is -0.115. The Bertz CT molecular complexity index is 471. The van der Waals surface area contributed by atoms with Crippen LogP contribution in [0.1, 0.15) is 15.9 Å². The molecule has 2 N–H and O–H groups in total. The summed E-state index contributed by atoms with van der Waals surface area (Å²) in [6.45, 7) is 0.236. The Morgan fingerprint density at radius 1 is 1.53 bits per heavy atom. The molecule has 0 unspecified atom stereocenters. The van der Waals surface area contributed by atoms with Gasteiger partial charge in [0.2, 0.25) is 5.91 Å². The molecule has 0 radical (unpaired) electrons. The molecule has 0 aromatic heterocycles. The summed E-state index contributed by atoms with van der Waals surface area (Å²) < 4.78 is 0. The van der Waals surface area contributed by atoms with Crippen LogP contribution < -0.4 is 5.32 Å². The predicted molar refractivity (Wildman–Crippen MR) is 62.8 cm³/mol. The molecule has 0 saturated heterocycles. The zero-order valence-corrected chi connectivity index (χ0v) is 9.56. The van der Waals surface area contributed by atoms with E-state index in [2.05, 4.69) is 5.32 Å². The third kappa shape index (κ3) is 2.29. The fourth-order valence-corrected chi connectivity index (χ4v) is 1.83. The molecular formula is C12H14N2O3. The number of nitrogens with one attached hydrogen (secondary N) is 1. The first-order valence-electron chi connectivity index (χ1n) is 5.41. The zero-order valence-electron chi connectivity index (χ0n) is 9.56. The molecule has 0 bridgehead atoms. The van der Waals surface area contributed by atoms with Crippen LogP contribution in [-0.4, -0.2) is 42.0 Å². The van der Waals surface area contributed by atoms with Crippen molar-refractivity contribution in [3.05, 3.63) is 29.3 Å². The molecule has 0 aliphatic carbocycles. The average molecular weight is 234 g/mol. The van der Waals surface area contributed by atoms with Gasteiger partial charge >= 0.3 is 0 Å². The second-order valence-electron chi connectivity index (χ2n) is 4.05. The van der Waals surface area contributed by atoms with Gasteiger partial charge in [0.1, 0.15) is 0 Å². The van der Waals surface area contributed by atoms with Gasteiger partial charge in [0.05, 0.1) is 13.0 Å². The lowest BCUT2D eigenvalue weighted by Crippen LogP contribution is -2.29. The Labute approximate surface area is 99.0 Å². The van der Waals surface area contributed by atoms with Crippen LogP contribution in [-0.2, 0) is 11.2 Å². The maximum atomic E-state index is 11.9. The zero-order chi connectivity index (χ0) is 12.4. The fraction of sp³-hybridized carbons (Fsp3) is 0.333. The SMILES string of the molecule is CN(CCO)C(=O)c1ccc2c(c1)CC(=O)N2. The third-order valence-electron chi connectivity index (χ3n) is 2.76. The van der Waals surface area contributed by atoms with Gasteiger partial charge in [0.15, 0.2) is 0 Å². The Morgan fingerprint density at radius 3 is 3.00 bits per heavy atom. The number of aliphatic hydroxyl groups is 1. The molecule has 0 spiro atoms. The van der Waals surface area contributed by atoms with Crippen molar-refractivity contribution in [2.24, 2.45) is 0 Å². The summed E-state index contributed by atoms with van der Waals surface area (Å²) in [6.07, 6.45) is 0.320. The van der Waals surface area contributed by atoms with Gasteiger partial charge in [0, 0.05) is 24.8 Å². The van der Waals surface area contributed by atoms with Crippen molar-refractivity contribution in [3.8, 4) is 0 Å². The highest BCUT2D eigenvalue weighted by Gasteiger charge is 2.20. The first-order chi connectivity index (χ1) is 8.11. The van der Waals surface area contributed by atoms with Crippen LogP contribution in [0.15, 0.2) is 18.2 Å². The molecule has 5 heteroatoms. The predicted octanol–water partition coefficient (Wildman–Crippen LogP) is 0.245. The van der Waals surface area contributed by atoms with Gasteiger partial charge in [-0.3, -0.25) is 9.59 Å². The summed E-state index contributed by atoms with van der Waals surface area (Å²) >= 11 is 0. The highest BCUT2D eigenvalue weighted by atomic mass is 16.3. The van der Waals surface area contributed by atoms with Crippen molar-refractivity contribution < 1.29 is 14.7 Å². The van der Waals surface area contributed by atoms with Crippen molar-refractivity contribution in [3.63, 3.8) is 0 Å². The summed E-state index contributed by atoms with van der Waals surface area (Å²) in [5.41, 5.74) is 2.16. The molecule has 0 saturated carbocycles. The van der Waals surface area contributed by atoms with E-state index in [1.807, 2.05) is 0 Å². The van der Waals surface area contributed by atoms with Crippen molar-refractivity contribution >= 4 is 17.5 Å². The second-order valence-corrected chi connectivity index (χ2v) is 4.05. The molecule has 1 aliphatic heterocycles. The van der Waals surface area contributed by atoms with Crippen molar-refractivity contribution in [2.45, 2.75) is 6.42 Å². The number of likely N-dealkylation sites (N-methyl/N-ethyl adjacent to an activating group) is 1. The van der Waals surface area contributed by atoms with Gasteiger partial charge in [-0.05, 0) is 23.8 Å². The molecule has 1 aromatic rings. The minimum Gasteiger partial charge on any atom is -0.395 e. The van der Waals surface area contributed by atoms with Gasteiger partial charge < -0.3 is 15.3 Å². The molecule has 5 nitrogen and oxygen atoms in total. The number of fused-ring (bicyclic) bond motifs is 1. The summed E-state index contributed by atoms with van der Waals surface area (Å²) in [7, 11) is 1.63. The normalized spacial score (nSPS) is 13.2. The van der Waals surface area contributed by atoms with E-state index >= 15 is 0 Å². The Morgan fingerprint density at radius 2 is 2.29 bits per heavy atom. The molecule has 1 heterocycles. The van der Waals surface area contributed by atoms with E-state index in [-0.39, 0.29) is 18.4 Å². The van der Waals surface area contributed by atoms with Crippen LogP contribution >= 0.6 is 0 Å². The number of carbonyl (C=O) groups is 2. The fourth-order valence-electron chi connectivity index (χ4n) is 1.83. The monoisotopic (exact) mass is 234 g/mol. The number of anilines is 1. The number of rotatable bonds is 3. The summed E-state index contributed by atoms with van der Waals surface area (Å²) in [6, 6.07) is 5.14. The Balaban J connectivity index is 2.21. The smallest absolute Gasteiger partial charge is 0.253 e. The first kappa shape index (κ1) is 11.6. The summed E-state index contributed by atoms with van der Waals surface area (Å²) in [4.78, 5) is 24.6. The molecule has 0 fully saturated rings. The number of carbonyl (C=O) groups excluding carboxylic acids is 2. The van der Waals surface area contributed by atoms with E-state index in [9.17, 15) is 9.59 Å². The Kier molecular flexibility index (Phi) is 3.10. The Hall–Kier alpha value is -1.88. The highest BCUT2D eigenvalue weighted by molar-refractivity contribution is 6.01. The molecule has 2 amide bonds. The first-order valence-corrected chi connectivity index (χ1v) is 5.41. The summed E-state index contributed by atoms with van der Waals surface area (Å²) in [5, 5.41) is 11.5. The van der Waals surface area contributed by atoms with Crippen LogP contribution in [0.4, 0.5) is 5.69 Å². The quantitative estimate of drug-likeness (QED) is 0.787. The number of nitrogens with zero attached hydrogens (tertiary/aromatic N) is 1. The number of amides is 2.